The molecule has 1 aromatic heterocycles. The molecule has 0 amide bonds. The van der Waals surface area contributed by atoms with Crippen LogP contribution in [0.2, 0.25) is 0 Å². The number of halogens is 3. The molecule has 0 saturated carbocycles. The fourth-order valence-electron chi connectivity index (χ4n) is 1.51. The summed E-state index contributed by atoms with van der Waals surface area (Å²) in [6, 6.07) is 5.50. The molecule has 0 saturated heterocycles. The number of carbonyl (C=O) groups is 1. The van der Waals surface area contributed by atoms with Crippen LogP contribution in [-0.2, 0) is 10.9 Å². The van der Waals surface area contributed by atoms with Gasteiger partial charge in [-0.25, -0.2) is 4.79 Å². The van der Waals surface area contributed by atoms with Crippen molar-refractivity contribution >= 4 is 5.97 Å². The van der Waals surface area contributed by atoms with Crippen LogP contribution in [0.5, 0.6) is 11.6 Å². The third kappa shape index (κ3) is 3.47. The second kappa shape index (κ2) is 5.78. The molecule has 5 nitrogen and oxygen atoms in total. The predicted molar refractivity (Wildman–Crippen MR) is 64.9 cm³/mol. The fourth-order valence-corrected chi connectivity index (χ4v) is 1.51. The standard InChI is InChI=1S/C13H9F3N2O3/c1-20-12(19)10-5-6-17-18-11(10)21-9-4-2-3-8(7-9)13(14,15)16/h2-7H,1H3. The summed E-state index contributed by atoms with van der Waals surface area (Å²) in [5.41, 5.74) is -0.909. The molecule has 1 heterocycles. The first-order valence-corrected chi connectivity index (χ1v) is 5.67. The van der Waals surface area contributed by atoms with Gasteiger partial charge < -0.3 is 9.47 Å². The first-order chi connectivity index (χ1) is 9.91. The monoisotopic (exact) mass is 298 g/mol. The molecule has 21 heavy (non-hydrogen) atoms. The number of esters is 1. The van der Waals surface area contributed by atoms with E-state index in [9.17, 15) is 18.0 Å². The van der Waals surface area contributed by atoms with Gasteiger partial charge in [0, 0.05) is 0 Å². The zero-order chi connectivity index (χ0) is 15.5. The van der Waals surface area contributed by atoms with E-state index in [4.69, 9.17) is 4.74 Å². The molecule has 0 unspecified atom stereocenters. The molecule has 0 aliphatic rings. The molecular formula is C13H9F3N2O3. The van der Waals surface area contributed by atoms with Gasteiger partial charge in [-0.15, -0.1) is 5.10 Å². The molecule has 2 aromatic rings. The largest absolute Gasteiger partial charge is 0.465 e. The van der Waals surface area contributed by atoms with Crippen molar-refractivity contribution in [2.45, 2.75) is 6.18 Å². The number of carbonyl (C=O) groups excluding carboxylic acids is 1. The lowest BCUT2D eigenvalue weighted by molar-refractivity contribution is -0.137. The molecule has 0 spiro atoms. The average Bonchev–Trinajstić information content (AvgIpc) is 2.46. The lowest BCUT2D eigenvalue weighted by Crippen LogP contribution is -2.07. The van der Waals surface area contributed by atoms with Crippen molar-refractivity contribution in [1.82, 2.24) is 10.2 Å². The predicted octanol–water partition coefficient (Wildman–Crippen LogP) is 3.07. The van der Waals surface area contributed by atoms with Gasteiger partial charge in [-0.05, 0) is 24.3 Å². The molecule has 8 heteroatoms. The lowest BCUT2D eigenvalue weighted by Gasteiger charge is -2.10. The van der Waals surface area contributed by atoms with Crippen LogP contribution in [0.4, 0.5) is 13.2 Å². The van der Waals surface area contributed by atoms with E-state index in [-0.39, 0.29) is 17.2 Å². The number of hydrogen-bond donors (Lipinski definition) is 0. The summed E-state index contributed by atoms with van der Waals surface area (Å²) in [6.45, 7) is 0. The maximum atomic E-state index is 12.6. The lowest BCUT2D eigenvalue weighted by atomic mass is 10.2. The van der Waals surface area contributed by atoms with E-state index in [0.29, 0.717) is 0 Å². The van der Waals surface area contributed by atoms with Gasteiger partial charge in [-0.2, -0.15) is 18.3 Å². The maximum Gasteiger partial charge on any atom is 0.416 e. The zero-order valence-corrected chi connectivity index (χ0v) is 10.7. The van der Waals surface area contributed by atoms with Crippen LogP contribution in [0.1, 0.15) is 15.9 Å². The molecule has 0 aliphatic carbocycles. The van der Waals surface area contributed by atoms with Crippen molar-refractivity contribution in [2.75, 3.05) is 7.11 Å². The highest BCUT2D eigenvalue weighted by Gasteiger charge is 2.30. The molecule has 0 N–H and O–H groups in total. The highest BCUT2D eigenvalue weighted by molar-refractivity contribution is 5.91. The normalized spacial score (nSPS) is 11.0. The Morgan fingerprint density at radius 1 is 1.24 bits per heavy atom. The van der Waals surface area contributed by atoms with Crippen LogP contribution in [0, 0.1) is 0 Å². The number of rotatable bonds is 3. The summed E-state index contributed by atoms with van der Waals surface area (Å²) in [5, 5.41) is 7.10. The van der Waals surface area contributed by atoms with Gasteiger partial charge in [0.25, 0.3) is 5.88 Å². The van der Waals surface area contributed by atoms with Gasteiger partial charge in [0.15, 0.2) is 0 Å². The van der Waals surface area contributed by atoms with E-state index in [0.717, 1.165) is 19.2 Å². The summed E-state index contributed by atoms with van der Waals surface area (Å²) in [7, 11) is 1.16. The Balaban J connectivity index is 2.33. The van der Waals surface area contributed by atoms with Crippen molar-refractivity contribution in [1.29, 1.82) is 0 Å². The highest BCUT2D eigenvalue weighted by Crippen LogP contribution is 2.32. The summed E-state index contributed by atoms with van der Waals surface area (Å²) < 4.78 is 47.6. The first kappa shape index (κ1) is 14.8. The molecule has 0 fully saturated rings. The van der Waals surface area contributed by atoms with Crippen LogP contribution in [0.3, 0.4) is 0 Å². The molecule has 1 aromatic carbocycles. The highest BCUT2D eigenvalue weighted by atomic mass is 19.4. The van der Waals surface area contributed by atoms with Crippen LogP contribution in [0.25, 0.3) is 0 Å². The molecule has 110 valence electrons. The van der Waals surface area contributed by atoms with Crippen molar-refractivity contribution < 1.29 is 27.4 Å². The first-order valence-electron chi connectivity index (χ1n) is 5.67. The second-order valence-electron chi connectivity index (χ2n) is 3.87. The molecule has 0 radical (unpaired) electrons. The average molecular weight is 298 g/mol. The number of aromatic nitrogens is 2. The minimum atomic E-state index is -4.49. The quantitative estimate of drug-likeness (QED) is 0.815. The van der Waals surface area contributed by atoms with Crippen LogP contribution >= 0.6 is 0 Å². The Morgan fingerprint density at radius 3 is 2.67 bits per heavy atom. The number of benzene rings is 1. The minimum absolute atomic E-state index is 0.0371. The molecule has 2 rings (SSSR count). The minimum Gasteiger partial charge on any atom is -0.465 e. The Morgan fingerprint density at radius 2 is 2.00 bits per heavy atom. The third-order valence-electron chi connectivity index (χ3n) is 2.47. The van der Waals surface area contributed by atoms with Crippen LogP contribution in [0.15, 0.2) is 36.5 Å². The van der Waals surface area contributed by atoms with E-state index in [1.54, 1.807) is 0 Å². The topological polar surface area (TPSA) is 61.3 Å². The second-order valence-corrected chi connectivity index (χ2v) is 3.87. The summed E-state index contributed by atoms with van der Waals surface area (Å²) in [4.78, 5) is 11.5. The number of hydrogen-bond acceptors (Lipinski definition) is 5. The maximum absolute atomic E-state index is 12.6. The Labute approximate surface area is 117 Å². The summed E-state index contributed by atoms with van der Waals surface area (Å²) in [6.07, 6.45) is -3.25. The van der Waals surface area contributed by atoms with Gasteiger partial charge in [0.2, 0.25) is 0 Å². The van der Waals surface area contributed by atoms with E-state index in [1.807, 2.05) is 0 Å². The molecular weight excluding hydrogens is 289 g/mol. The van der Waals surface area contributed by atoms with E-state index in [2.05, 4.69) is 14.9 Å². The molecule has 0 atom stereocenters. The molecule has 0 aliphatic heterocycles. The number of nitrogens with zero attached hydrogens (tertiary/aromatic N) is 2. The van der Waals surface area contributed by atoms with Gasteiger partial charge in [0.1, 0.15) is 11.3 Å². The van der Waals surface area contributed by atoms with Crippen LogP contribution in [-0.4, -0.2) is 23.3 Å². The summed E-state index contributed by atoms with van der Waals surface area (Å²) >= 11 is 0. The third-order valence-corrected chi connectivity index (χ3v) is 2.47. The Bertz CT molecular complexity index is 659. The van der Waals surface area contributed by atoms with Gasteiger partial charge in [-0.1, -0.05) is 6.07 Å². The van der Waals surface area contributed by atoms with Crippen molar-refractivity contribution in [2.24, 2.45) is 0 Å². The number of methoxy groups -OCH3 is 1. The van der Waals surface area contributed by atoms with Gasteiger partial charge in [-0.3, -0.25) is 0 Å². The smallest absolute Gasteiger partial charge is 0.416 e. The van der Waals surface area contributed by atoms with E-state index < -0.39 is 17.7 Å². The summed E-state index contributed by atoms with van der Waals surface area (Å²) in [5.74, 6) is -1.08. The van der Waals surface area contributed by atoms with E-state index >= 15 is 0 Å². The van der Waals surface area contributed by atoms with Crippen LogP contribution < -0.4 is 4.74 Å². The van der Waals surface area contributed by atoms with Crippen molar-refractivity contribution in [3.05, 3.63) is 47.7 Å². The Hall–Kier alpha value is -2.64. The van der Waals surface area contributed by atoms with Gasteiger partial charge >= 0.3 is 12.1 Å². The van der Waals surface area contributed by atoms with Crippen molar-refractivity contribution in [3.63, 3.8) is 0 Å². The molecule has 0 bridgehead atoms. The van der Waals surface area contributed by atoms with Crippen molar-refractivity contribution in [3.8, 4) is 11.6 Å². The zero-order valence-electron chi connectivity index (χ0n) is 10.7. The number of ether oxygens (including phenoxy) is 2. The number of alkyl halides is 3. The SMILES string of the molecule is COC(=O)c1ccnnc1Oc1cccc(C(F)(F)F)c1. The fraction of sp³-hybridized carbons (Fsp3) is 0.154. The van der Waals surface area contributed by atoms with Gasteiger partial charge in [0.05, 0.1) is 18.9 Å². The Kier molecular flexibility index (Phi) is 4.06. The van der Waals surface area contributed by atoms with E-state index in [1.165, 1.54) is 24.4 Å².